The van der Waals surface area contributed by atoms with Gasteiger partial charge in [0.2, 0.25) is 5.91 Å². The van der Waals surface area contributed by atoms with Crippen molar-refractivity contribution in [3.63, 3.8) is 0 Å². The second-order valence-corrected chi connectivity index (χ2v) is 6.43. The number of aromatic amines is 1. The van der Waals surface area contributed by atoms with Crippen LogP contribution in [0, 0.1) is 0 Å². The summed E-state index contributed by atoms with van der Waals surface area (Å²) in [5.41, 5.74) is 5.02. The van der Waals surface area contributed by atoms with Crippen molar-refractivity contribution in [1.82, 2.24) is 10.2 Å². The minimum absolute atomic E-state index is 0.0473. The lowest BCUT2D eigenvalue weighted by Crippen LogP contribution is -2.28. The number of hydrogen-bond acceptors (Lipinski definition) is 3. The molecule has 4 rings (SSSR count). The third kappa shape index (κ3) is 2.00. The Morgan fingerprint density at radius 2 is 2.23 bits per heavy atom. The van der Waals surface area contributed by atoms with Gasteiger partial charge < -0.3 is 10.2 Å². The maximum atomic E-state index is 11.9. The Morgan fingerprint density at radius 1 is 1.36 bits per heavy atom. The molecule has 1 amide bonds. The molecule has 5 nitrogen and oxygen atoms in total. The molecule has 2 aliphatic rings. The van der Waals surface area contributed by atoms with E-state index in [0.717, 1.165) is 24.3 Å². The summed E-state index contributed by atoms with van der Waals surface area (Å²) in [6, 6.07) is 7.18. The summed E-state index contributed by atoms with van der Waals surface area (Å²) in [5, 5.41) is 9.79. The fourth-order valence-electron chi connectivity index (χ4n) is 3.64. The summed E-state index contributed by atoms with van der Waals surface area (Å²) in [6.45, 7) is 5.54. The van der Waals surface area contributed by atoms with Crippen LogP contribution >= 0.6 is 0 Å². The number of hydrogen-bond donors (Lipinski definition) is 2. The molecule has 0 saturated heterocycles. The molecule has 2 N–H and O–H groups in total. The molecule has 1 aromatic carbocycles. The highest BCUT2D eigenvalue weighted by molar-refractivity contribution is 5.94. The third-order valence-electron chi connectivity index (χ3n) is 4.76. The Bertz CT molecular complexity index is 734. The molecule has 3 heterocycles. The summed E-state index contributed by atoms with van der Waals surface area (Å²) in [6.07, 6.45) is 3.39. The van der Waals surface area contributed by atoms with E-state index in [9.17, 15) is 4.79 Å². The summed E-state index contributed by atoms with van der Waals surface area (Å²) in [7, 11) is 0. The first-order valence-electron chi connectivity index (χ1n) is 7.86. The highest BCUT2D eigenvalue weighted by atomic mass is 16.1. The van der Waals surface area contributed by atoms with Gasteiger partial charge in [-0.05, 0) is 37.5 Å². The molecule has 1 unspecified atom stereocenters. The van der Waals surface area contributed by atoms with Gasteiger partial charge in [-0.1, -0.05) is 12.1 Å². The Balaban J connectivity index is 1.72. The van der Waals surface area contributed by atoms with Crippen LogP contribution in [0.25, 0.3) is 0 Å². The second kappa shape index (κ2) is 4.87. The van der Waals surface area contributed by atoms with Crippen molar-refractivity contribution >= 4 is 17.4 Å². The molecule has 1 aromatic heterocycles. The van der Waals surface area contributed by atoms with Gasteiger partial charge in [0.05, 0.1) is 6.20 Å². The van der Waals surface area contributed by atoms with Gasteiger partial charge in [-0.15, -0.1) is 0 Å². The molecule has 0 spiro atoms. The standard InChI is InChI=1S/C17H20N4O/c1-10(2)21-6-5-12-7-11(3-4-15(12)21)13-8-16(22)19-17-14(13)9-18-20-17/h3-4,7,9-10,13H,5-6,8H2,1-2H3,(H2,18,19,20,22). The fourth-order valence-corrected chi connectivity index (χ4v) is 3.64. The van der Waals surface area contributed by atoms with Crippen molar-refractivity contribution in [2.45, 2.75) is 38.6 Å². The Hall–Kier alpha value is -2.30. The Morgan fingerprint density at radius 3 is 3.05 bits per heavy atom. The van der Waals surface area contributed by atoms with Crippen LogP contribution in [0.4, 0.5) is 11.5 Å². The molecule has 0 radical (unpaired) electrons. The summed E-state index contributed by atoms with van der Waals surface area (Å²) in [4.78, 5) is 14.4. The summed E-state index contributed by atoms with van der Waals surface area (Å²) in [5.74, 6) is 0.887. The van der Waals surface area contributed by atoms with E-state index in [4.69, 9.17) is 0 Å². The first-order valence-corrected chi connectivity index (χ1v) is 7.86. The number of benzene rings is 1. The average molecular weight is 296 g/mol. The molecule has 22 heavy (non-hydrogen) atoms. The van der Waals surface area contributed by atoms with E-state index in [2.05, 4.69) is 52.5 Å². The van der Waals surface area contributed by atoms with Crippen molar-refractivity contribution < 1.29 is 4.79 Å². The molecule has 0 aliphatic carbocycles. The van der Waals surface area contributed by atoms with Crippen LogP contribution in [0.15, 0.2) is 24.4 Å². The van der Waals surface area contributed by atoms with E-state index >= 15 is 0 Å². The zero-order valence-electron chi connectivity index (χ0n) is 12.9. The van der Waals surface area contributed by atoms with Gasteiger partial charge in [-0.25, -0.2) is 0 Å². The van der Waals surface area contributed by atoms with Crippen LogP contribution in [0.3, 0.4) is 0 Å². The lowest BCUT2D eigenvalue weighted by Gasteiger charge is -2.25. The van der Waals surface area contributed by atoms with E-state index in [1.54, 1.807) is 0 Å². The maximum absolute atomic E-state index is 11.9. The highest BCUT2D eigenvalue weighted by Crippen LogP contribution is 2.39. The topological polar surface area (TPSA) is 61.0 Å². The largest absolute Gasteiger partial charge is 0.369 e. The number of nitrogens with one attached hydrogen (secondary N) is 2. The van der Waals surface area contributed by atoms with E-state index in [0.29, 0.717) is 12.5 Å². The lowest BCUT2D eigenvalue weighted by atomic mass is 9.86. The molecular weight excluding hydrogens is 276 g/mol. The van der Waals surface area contributed by atoms with E-state index in [-0.39, 0.29) is 11.8 Å². The van der Waals surface area contributed by atoms with E-state index < -0.39 is 0 Å². The van der Waals surface area contributed by atoms with E-state index in [1.165, 1.54) is 16.8 Å². The molecule has 0 saturated carbocycles. The highest BCUT2D eigenvalue weighted by Gasteiger charge is 2.29. The van der Waals surface area contributed by atoms with Crippen LogP contribution in [0.1, 0.15) is 42.9 Å². The quantitative estimate of drug-likeness (QED) is 0.895. The second-order valence-electron chi connectivity index (χ2n) is 6.43. The third-order valence-corrected chi connectivity index (χ3v) is 4.76. The van der Waals surface area contributed by atoms with E-state index in [1.807, 2.05) is 6.20 Å². The zero-order chi connectivity index (χ0) is 15.3. The van der Waals surface area contributed by atoms with Crippen LogP contribution in [-0.4, -0.2) is 28.7 Å². The number of carbonyl (C=O) groups is 1. The molecule has 114 valence electrons. The minimum atomic E-state index is 0.0473. The van der Waals surface area contributed by atoms with Gasteiger partial charge in [0.15, 0.2) is 0 Å². The molecule has 0 bridgehead atoms. The van der Waals surface area contributed by atoms with Crippen LogP contribution in [0.5, 0.6) is 0 Å². The van der Waals surface area contributed by atoms with Crippen LogP contribution in [-0.2, 0) is 11.2 Å². The average Bonchev–Trinajstić information content (AvgIpc) is 3.11. The summed E-state index contributed by atoms with van der Waals surface area (Å²) < 4.78 is 0. The minimum Gasteiger partial charge on any atom is -0.369 e. The normalized spacial score (nSPS) is 20.0. The lowest BCUT2D eigenvalue weighted by molar-refractivity contribution is -0.116. The van der Waals surface area contributed by atoms with Crippen molar-refractivity contribution in [3.05, 3.63) is 41.1 Å². The number of nitrogens with zero attached hydrogens (tertiary/aromatic N) is 2. The van der Waals surface area contributed by atoms with Crippen LogP contribution in [0.2, 0.25) is 0 Å². The number of carbonyl (C=O) groups excluding carboxylic acids is 1. The zero-order valence-corrected chi connectivity index (χ0v) is 12.9. The Labute approximate surface area is 129 Å². The van der Waals surface area contributed by atoms with Gasteiger partial charge in [0.25, 0.3) is 0 Å². The first-order chi connectivity index (χ1) is 10.6. The maximum Gasteiger partial charge on any atom is 0.226 e. The summed E-state index contributed by atoms with van der Waals surface area (Å²) >= 11 is 0. The molecular formula is C17H20N4O. The number of anilines is 2. The number of aromatic nitrogens is 2. The smallest absolute Gasteiger partial charge is 0.226 e. The Kier molecular flexibility index (Phi) is 2.96. The predicted molar refractivity (Wildman–Crippen MR) is 86.3 cm³/mol. The monoisotopic (exact) mass is 296 g/mol. The molecule has 2 aliphatic heterocycles. The molecule has 5 heteroatoms. The van der Waals surface area contributed by atoms with Gasteiger partial charge in [0.1, 0.15) is 5.82 Å². The van der Waals surface area contributed by atoms with Crippen molar-refractivity contribution in [1.29, 1.82) is 0 Å². The SMILES string of the molecule is CC(C)N1CCc2cc(C3CC(=O)Nc4[nH]ncc43)ccc21. The van der Waals surface area contributed by atoms with Gasteiger partial charge >= 0.3 is 0 Å². The van der Waals surface area contributed by atoms with Crippen molar-refractivity contribution in [3.8, 4) is 0 Å². The molecule has 1 atom stereocenters. The number of amides is 1. The van der Waals surface area contributed by atoms with Crippen molar-refractivity contribution in [2.75, 3.05) is 16.8 Å². The van der Waals surface area contributed by atoms with Gasteiger partial charge in [-0.2, -0.15) is 5.10 Å². The van der Waals surface area contributed by atoms with Gasteiger partial charge in [0, 0.05) is 36.2 Å². The van der Waals surface area contributed by atoms with Crippen LogP contribution < -0.4 is 10.2 Å². The number of fused-ring (bicyclic) bond motifs is 2. The van der Waals surface area contributed by atoms with Crippen molar-refractivity contribution in [2.24, 2.45) is 0 Å². The fraction of sp³-hybridized carbons (Fsp3) is 0.412. The van der Waals surface area contributed by atoms with Gasteiger partial charge in [-0.3, -0.25) is 9.89 Å². The first kappa shape index (κ1) is 13.4. The predicted octanol–water partition coefficient (Wildman–Crippen LogP) is 2.65. The molecule has 0 fully saturated rings. The number of H-pyrrole nitrogens is 1. The molecule has 2 aromatic rings. The number of rotatable bonds is 2.